The first-order valence-corrected chi connectivity index (χ1v) is 12.5. The van der Waals surface area contributed by atoms with Gasteiger partial charge < -0.3 is 20.4 Å². The van der Waals surface area contributed by atoms with Gasteiger partial charge in [0.25, 0.3) is 0 Å². The van der Waals surface area contributed by atoms with Crippen molar-refractivity contribution in [3.8, 4) is 0 Å². The standard InChI is InChI=1S/C33H28N4/c1-22-12-16-28(34)32(23-8-4-2-5-9-23)29-17-14-26(36-29)21-27-15-19-31(37-27)33(24-10-6-3-7-11-24)30-18-13-25(20-22)35-30/h2-22,34-37H,1H3/b16-12-,25-20-,26-21?,32-29?,33-30-,34-28?. The van der Waals surface area contributed by atoms with Gasteiger partial charge in [0, 0.05) is 43.9 Å². The Kier molecular flexibility index (Phi) is 5.91. The maximum absolute atomic E-state index is 8.95. The molecule has 1 aliphatic rings. The summed E-state index contributed by atoms with van der Waals surface area (Å²) in [6.45, 7) is 2.14. The summed E-state index contributed by atoms with van der Waals surface area (Å²) in [4.78, 5) is 10.8. The summed E-state index contributed by atoms with van der Waals surface area (Å²) in [6, 6.07) is 33.2. The molecule has 3 aromatic heterocycles. The van der Waals surface area contributed by atoms with Crippen molar-refractivity contribution < 1.29 is 0 Å². The molecule has 4 N–H and O–H groups in total. The Morgan fingerprint density at radius 1 is 0.622 bits per heavy atom. The van der Waals surface area contributed by atoms with Crippen LogP contribution in [0.5, 0.6) is 0 Å². The molecule has 0 fully saturated rings. The van der Waals surface area contributed by atoms with Gasteiger partial charge >= 0.3 is 0 Å². The maximum atomic E-state index is 8.95. The second kappa shape index (κ2) is 9.67. The van der Waals surface area contributed by atoms with Crippen molar-refractivity contribution in [1.29, 1.82) is 5.41 Å². The summed E-state index contributed by atoms with van der Waals surface area (Å²) in [5, 5.41) is 13.0. The molecule has 6 rings (SSSR count). The fraction of sp³-hybridized carbons (Fsp3) is 0.0606. The lowest BCUT2D eigenvalue weighted by molar-refractivity contribution is 0.989. The molecule has 2 aromatic carbocycles. The molecule has 1 aliphatic heterocycles. The Hall–Kier alpha value is -4.83. The van der Waals surface area contributed by atoms with Gasteiger partial charge in [0.15, 0.2) is 0 Å². The molecule has 4 heterocycles. The molecule has 0 saturated carbocycles. The van der Waals surface area contributed by atoms with Gasteiger partial charge in [-0.2, -0.15) is 0 Å². The molecule has 0 aliphatic carbocycles. The van der Waals surface area contributed by atoms with Crippen molar-refractivity contribution in [2.45, 2.75) is 6.92 Å². The summed E-state index contributed by atoms with van der Waals surface area (Å²) in [5.41, 5.74) is 6.69. The van der Waals surface area contributed by atoms with Crippen molar-refractivity contribution in [1.82, 2.24) is 15.0 Å². The third-order valence-electron chi connectivity index (χ3n) is 6.65. The molecule has 4 nitrogen and oxygen atoms in total. The number of benzene rings is 2. The van der Waals surface area contributed by atoms with Crippen molar-refractivity contribution in [2.75, 3.05) is 0 Å². The first kappa shape index (κ1) is 22.6. The molecule has 4 heteroatoms. The molecular weight excluding hydrogens is 452 g/mol. The molecule has 5 aromatic rings. The highest BCUT2D eigenvalue weighted by Crippen LogP contribution is 2.20. The zero-order valence-electron chi connectivity index (χ0n) is 20.6. The molecule has 1 atom stereocenters. The number of allylic oxidation sites excluding steroid dienone is 2. The number of aromatic amines is 3. The van der Waals surface area contributed by atoms with Crippen molar-refractivity contribution in [3.05, 3.63) is 153 Å². The van der Waals surface area contributed by atoms with Gasteiger partial charge in [-0.25, -0.2) is 0 Å². The van der Waals surface area contributed by atoms with Crippen molar-refractivity contribution in [3.63, 3.8) is 0 Å². The minimum absolute atomic E-state index is 0.143. The third kappa shape index (κ3) is 4.69. The number of aromatic nitrogens is 3. The highest BCUT2D eigenvalue weighted by atomic mass is 14.7. The van der Waals surface area contributed by atoms with Crippen LogP contribution in [0.25, 0.3) is 23.3 Å². The van der Waals surface area contributed by atoms with E-state index in [1.165, 1.54) is 0 Å². The first-order valence-electron chi connectivity index (χ1n) is 12.5. The molecule has 0 spiro atoms. The summed E-state index contributed by atoms with van der Waals surface area (Å²) in [5.74, 6) is 0.143. The number of hydrogen-bond acceptors (Lipinski definition) is 1. The normalized spacial score (nSPS) is 18.9. The fourth-order valence-corrected chi connectivity index (χ4v) is 4.90. The largest absolute Gasteiger partial charge is 0.355 e. The first-order chi connectivity index (χ1) is 18.1. The Bertz CT molecular complexity index is 1840. The second-order valence-electron chi connectivity index (χ2n) is 9.41. The topological polar surface area (TPSA) is 71.2 Å². The lowest BCUT2D eigenvalue weighted by Crippen LogP contribution is -2.17. The van der Waals surface area contributed by atoms with Crippen molar-refractivity contribution in [2.24, 2.45) is 5.92 Å². The summed E-state index contributed by atoms with van der Waals surface area (Å²) in [7, 11) is 0. The Morgan fingerprint density at radius 3 is 1.97 bits per heavy atom. The van der Waals surface area contributed by atoms with E-state index in [0.717, 1.165) is 55.1 Å². The van der Waals surface area contributed by atoms with Crippen LogP contribution in [0, 0.1) is 11.3 Å². The number of hydrogen-bond donors (Lipinski definition) is 4. The van der Waals surface area contributed by atoms with E-state index < -0.39 is 0 Å². The molecule has 0 saturated heterocycles. The van der Waals surface area contributed by atoms with E-state index in [0.29, 0.717) is 5.71 Å². The third-order valence-corrected chi connectivity index (χ3v) is 6.65. The predicted octanol–water partition coefficient (Wildman–Crippen LogP) is 3.95. The highest BCUT2D eigenvalue weighted by Gasteiger charge is 2.11. The molecule has 37 heavy (non-hydrogen) atoms. The van der Waals surface area contributed by atoms with E-state index in [1.54, 1.807) is 0 Å². The molecule has 0 radical (unpaired) electrons. The number of fused-ring (bicyclic) bond motifs is 6. The zero-order valence-corrected chi connectivity index (χ0v) is 20.6. The van der Waals surface area contributed by atoms with Gasteiger partial charge in [0.2, 0.25) is 0 Å². The molecule has 6 bridgehead atoms. The summed E-state index contributed by atoms with van der Waals surface area (Å²) < 4.78 is 0. The van der Waals surface area contributed by atoms with Crippen LogP contribution in [0.4, 0.5) is 0 Å². The van der Waals surface area contributed by atoms with Crippen molar-refractivity contribution >= 4 is 29.0 Å². The molecule has 0 amide bonds. The predicted molar refractivity (Wildman–Crippen MR) is 152 cm³/mol. The second-order valence-corrected chi connectivity index (χ2v) is 9.41. The Balaban J connectivity index is 1.61. The summed E-state index contributed by atoms with van der Waals surface area (Å²) in [6.07, 6.45) is 8.29. The monoisotopic (exact) mass is 480 g/mol. The van der Waals surface area contributed by atoms with Gasteiger partial charge in [-0.15, -0.1) is 0 Å². The van der Waals surface area contributed by atoms with E-state index >= 15 is 0 Å². The summed E-state index contributed by atoms with van der Waals surface area (Å²) >= 11 is 0. The molecule has 1 unspecified atom stereocenters. The highest BCUT2D eigenvalue weighted by molar-refractivity contribution is 6.27. The Morgan fingerprint density at radius 2 is 1.24 bits per heavy atom. The van der Waals surface area contributed by atoms with Crippen LogP contribution in [0.2, 0.25) is 0 Å². The number of H-pyrrole nitrogens is 3. The van der Waals surface area contributed by atoms with Crippen LogP contribution in [0.1, 0.15) is 29.4 Å². The van der Waals surface area contributed by atoms with Gasteiger partial charge in [0.1, 0.15) is 0 Å². The van der Waals surface area contributed by atoms with Gasteiger partial charge in [-0.05, 0) is 65.6 Å². The van der Waals surface area contributed by atoms with E-state index in [-0.39, 0.29) is 5.92 Å². The van der Waals surface area contributed by atoms with Crippen LogP contribution in [0.3, 0.4) is 0 Å². The number of nitrogens with one attached hydrogen (secondary N) is 4. The molecule has 180 valence electrons. The quantitative estimate of drug-likeness (QED) is 0.296. The van der Waals surface area contributed by atoms with E-state index in [9.17, 15) is 0 Å². The van der Waals surface area contributed by atoms with E-state index in [2.05, 4.69) is 113 Å². The lowest BCUT2D eigenvalue weighted by atomic mass is 9.99. The van der Waals surface area contributed by atoms with Gasteiger partial charge in [0.05, 0.1) is 5.71 Å². The SMILES string of the molecule is CC1/C=C\C(=N)C(c2ccccc2)=c2ccc([nH]2)=Cc2ccc([nH]2)/C(c2ccccc2)=c2/cc/c([nH]2)=C/1. The number of rotatable bonds is 2. The van der Waals surface area contributed by atoms with Crippen LogP contribution in [-0.4, -0.2) is 20.7 Å². The average Bonchev–Trinajstić information content (AvgIpc) is 3.67. The molecular formula is C33H28N4. The lowest BCUT2D eigenvalue weighted by Gasteiger charge is -2.07. The zero-order chi connectivity index (χ0) is 25.2. The van der Waals surface area contributed by atoms with E-state index in [4.69, 9.17) is 5.41 Å². The van der Waals surface area contributed by atoms with Crippen LogP contribution in [-0.2, 0) is 0 Å². The fourth-order valence-electron chi connectivity index (χ4n) is 4.90. The average molecular weight is 481 g/mol. The minimum Gasteiger partial charge on any atom is -0.355 e. The van der Waals surface area contributed by atoms with Crippen LogP contribution in [0.15, 0.2) is 109 Å². The maximum Gasteiger partial charge on any atom is 0.0636 e. The Labute approximate surface area is 215 Å². The van der Waals surface area contributed by atoms with E-state index in [1.807, 2.05) is 30.3 Å². The minimum atomic E-state index is 0.143. The smallest absolute Gasteiger partial charge is 0.0636 e. The van der Waals surface area contributed by atoms with Gasteiger partial charge in [-0.3, -0.25) is 0 Å². The van der Waals surface area contributed by atoms with Crippen LogP contribution < -0.4 is 21.4 Å². The van der Waals surface area contributed by atoms with Crippen LogP contribution >= 0.6 is 0 Å². The van der Waals surface area contributed by atoms with Gasteiger partial charge in [-0.1, -0.05) is 79.7 Å².